The van der Waals surface area contributed by atoms with E-state index in [1.54, 1.807) is 37.3 Å². The summed E-state index contributed by atoms with van der Waals surface area (Å²) in [6.07, 6.45) is 3.48. The van der Waals surface area contributed by atoms with Crippen molar-refractivity contribution in [1.29, 1.82) is 0 Å². The maximum atomic E-state index is 11.6. The van der Waals surface area contributed by atoms with E-state index in [1.165, 1.54) is 0 Å². The molecule has 0 spiro atoms. The Morgan fingerprint density at radius 3 is 2.72 bits per heavy atom. The van der Waals surface area contributed by atoms with Gasteiger partial charge >= 0.3 is 5.97 Å². The highest BCUT2D eigenvalue weighted by atomic mass is 16.5. The van der Waals surface area contributed by atoms with Crippen molar-refractivity contribution in [3.63, 3.8) is 0 Å². The fraction of sp³-hybridized carbons (Fsp3) is 0.231. The van der Waals surface area contributed by atoms with E-state index in [9.17, 15) is 9.59 Å². The summed E-state index contributed by atoms with van der Waals surface area (Å²) in [7, 11) is 0. The van der Waals surface area contributed by atoms with Gasteiger partial charge in [-0.05, 0) is 24.6 Å². The van der Waals surface area contributed by atoms with Crippen molar-refractivity contribution in [2.45, 2.75) is 13.3 Å². The Balaban J connectivity index is 2.90. The number of anilines is 1. The Morgan fingerprint density at radius 2 is 2.11 bits per heavy atom. The number of carbonyl (C=O) groups is 2. The van der Waals surface area contributed by atoms with Crippen molar-refractivity contribution in [2.24, 2.45) is 5.73 Å². The molecule has 0 saturated heterocycles. The van der Waals surface area contributed by atoms with Crippen molar-refractivity contribution < 1.29 is 14.3 Å². The minimum Gasteiger partial charge on any atom is -0.462 e. The second kappa shape index (κ2) is 6.44. The average molecular weight is 248 g/mol. The summed E-state index contributed by atoms with van der Waals surface area (Å²) in [4.78, 5) is 22.2. The molecule has 0 fully saturated rings. The van der Waals surface area contributed by atoms with E-state index < -0.39 is 11.9 Å². The Hall–Kier alpha value is -2.30. The molecule has 1 amide bonds. The number of primary amides is 1. The van der Waals surface area contributed by atoms with Gasteiger partial charge in [-0.1, -0.05) is 18.2 Å². The number of amides is 1. The van der Waals surface area contributed by atoms with Gasteiger partial charge in [0.2, 0.25) is 5.91 Å². The molecule has 1 rings (SSSR count). The van der Waals surface area contributed by atoms with Crippen LogP contribution in [0, 0.1) is 0 Å². The summed E-state index contributed by atoms with van der Waals surface area (Å²) in [6, 6.07) is 4.98. The number of esters is 1. The van der Waals surface area contributed by atoms with Gasteiger partial charge in [-0.3, -0.25) is 4.79 Å². The third-order valence-electron chi connectivity index (χ3n) is 2.20. The van der Waals surface area contributed by atoms with Gasteiger partial charge in [-0.2, -0.15) is 0 Å². The van der Waals surface area contributed by atoms with Gasteiger partial charge in [0, 0.05) is 12.1 Å². The molecule has 1 aromatic carbocycles. The van der Waals surface area contributed by atoms with Crippen LogP contribution in [0.2, 0.25) is 0 Å². The molecule has 0 heterocycles. The fourth-order valence-corrected chi connectivity index (χ4v) is 1.37. The molecule has 0 radical (unpaired) electrons. The van der Waals surface area contributed by atoms with E-state index in [2.05, 4.69) is 0 Å². The Morgan fingerprint density at radius 1 is 1.39 bits per heavy atom. The molecule has 0 aliphatic carbocycles. The molecule has 0 aromatic heterocycles. The summed E-state index contributed by atoms with van der Waals surface area (Å²) in [5.74, 6) is -0.868. The predicted octanol–water partition coefficient (Wildman–Crippen LogP) is 1.33. The molecular weight excluding hydrogens is 232 g/mol. The molecule has 0 aliphatic heterocycles. The minimum atomic E-state index is -0.458. The molecule has 0 unspecified atom stereocenters. The average Bonchev–Trinajstić information content (AvgIpc) is 2.31. The van der Waals surface area contributed by atoms with Gasteiger partial charge in [-0.25, -0.2) is 4.79 Å². The largest absolute Gasteiger partial charge is 0.462 e. The number of hydrogen-bond acceptors (Lipinski definition) is 4. The summed E-state index contributed by atoms with van der Waals surface area (Å²) in [6.45, 7) is 2.02. The molecule has 5 heteroatoms. The van der Waals surface area contributed by atoms with Crippen molar-refractivity contribution in [1.82, 2.24) is 0 Å². The number of carbonyl (C=O) groups excluding carboxylic acids is 2. The van der Waals surface area contributed by atoms with Crippen molar-refractivity contribution in [3.8, 4) is 0 Å². The van der Waals surface area contributed by atoms with Gasteiger partial charge in [0.05, 0.1) is 12.2 Å². The molecule has 1 aromatic rings. The minimum absolute atomic E-state index is 0.152. The fourth-order valence-electron chi connectivity index (χ4n) is 1.37. The number of rotatable bonds is 5. The third-order valence-corrected chi connectivity index (χ3v) is 2.20. The third kappa shape index (κ3) is 3.93. The number of hydrogen-bond donors (Lipinski definition) is 2. The van der Waals surface area contributed by atoms with E-state index in [4.69, 9.17) is 16.2 Å². The smallest absolute Gasteiger partial charge is 0.340 e. The first-order valence-corrected chi connectivity index (χ1v) is 5.56. The van der Waals surface area contributed by atoms with E-state index in [-0.39, 0.29) is 6.42 Å². The molecule has 5 nitrogen and oxygen atoms in total. The lowest BCUT2D eigenvalue weighted by Crippen LogP contribution is -2.08. The van der Waals surface area contributed by atoms with Crippen LogP contribution in [0.1, 0.15) is 29.3 Å². The quantitative estimate of drug-likeness (QED) is 0.607. The van der Waals surface area contributed by atoms with Crippen LogP contribution in [-0.4, -0.2) is 18.5 Å². The Bertz CT molecular complexity index is 481. The van der Waals surface area contributed by atoms with Crippen LogP contribution in [0.4, 0.5) is 5.69 Å². The van der Waals surface area contributed by atoms with Crippen LogP contribution >= 0.6 is 0 Å². The van der Waals surface area contributed by atoms with Gasteiger partial charge in [0.25, 0.3) is 0 Å². The van der Waals surface area contributed by atoms with Crippen molar-refractivity contribution >= 4 is 23.6 Å². The van der Waals surface area contributed by atoms with Crippen molar-refractivity contribution in [2.75, 3.05) is 12.3 Å². The van der Waals surface area contributed by atoms with E-state index in [1.807, 2.05) is 0 Å². The maximum Gasteiger partial charge on any atom is 0.340 e. The van der Waals surface area contributed by atoms with E-state index >= 15 is 0 Å². The highest BCUT2D eigenvalue weighted by molar-refractivity contribution is 5.95. The van der Waals surface area contributed by atoms with Gasteiger partial charge < -0.3 is 16.2 Å². The van der Waals surface area contributed by atoms with Gasteiger partial charge in [0.15, 0.2) is 0 Å². The van der Waals surface area contributed by atoms with Crippen LogP contribution in [0.5, 0.6) is 0 Å². The van der Waals surface area contributed by atoms with Crippen LogP contribution < -0.4 is 11.5 Å². The highest BCUT2D eigenvalue weighted by Gasteiger charge is 2.10. The number of ether oxygens (including phenoxy) is 1. The van der Waals surface area contributed by atoms with Gasteiger partial charge in [-0.15, -0.1) is 0 Å². The summed E-state index contributed by atoms with van der Waals surface area (Å²) in [5.41, 5.74) is 12.1. The summed E-state index contributed by atoms with van der Waals surface area (Å²) in [5, 5.41) is 0. The standard InChI is InChI=1S/C13H16N2O3/c1-2-18-13(17)10-8-9(6-7-11(10)14)4-3-5-12(15)16/h3-4,6-8H,2,5,14H2,1H3,(H2,15,16). The summed E-state index contributed by atoms with van der Waals surface area (Å²) >= 11 is 0. The zero-order chi connectivity index (χ0) is 13.5. The lowest BCUT2D eigenvalue weighted by molar-refractivity contribution is -0.117. The molecule has 96 valence electrons. The van der Waals surface area contributed by atoms with Crippen LogP contribution in [0.15, 0.2) is 24.3 Å². The van der Waals surface area contributed by atoms with E-state index in [0.717, 1.165) is 5.56 Å². The molecule has 0 aliphatic rings. The first-order valence-electron chi connectivity index (χ1n) is 5.56. The monoisotopic (exact) mass is 248 g/mol. The highest BCUT2D eigenvalue weighted by Crippen LogP contribution is 2.16. The van der Waals surface area contributed by atoms with Gasteiger partial charge in [0.1, 0.15) is 0 Å². The number of benzene rings is 1. The molecular formula is C13H16N2O3. The lowest BCUT2D eigenvalue weighted by atomic mass is 10.1. The molecule has 18 heavy (non-hydrogen) atoms. The predicted molar refractivity (Wildman–Crippen MR) is 69.7 cm³/mol. The maximum absolute atomic E-state index is 11.6. The molecule has 0 atom stereocenters. The second-order valence-corrected chi connectivity index (χ2v) is 3.64. The first-order chi connectivity index (χ1) is 8.54. The molecule has 0 saturated carbocycles. The van der Waals surface area contributed by atoms with Crippen LogP contribution in [0.3, 0.4) is 0 Å². The van der Waals surface area contributed by atoms with E-state index in [0.29, 0.717) is 17.9 Å². The number of nitrogens with two attached hydrogens (primary N) is 2. The zero-order valence-corrected chi connectivity index (χ0v) is 10.2. The normalized spacial score (nSPS) is 10.5. The van der Waals surface area contributed by atoms with Crippen molar-refractivity contribution in [3.05, 3.63) is 35.4 Å². The SMILES string of the molecule is CCOC(=O)c1cc(C=CCC(N)=O)ccc1N. The zero-order valence-electron chi connectivity index (χ0n) is 10.2. The van der Waals surface area contributed by atoms with Crippen LogP contribution in [-0.2, 0) is 9.53 Å². The molecule has 0 bridgehead atoms. The second-order valence-electron chi connectivity index (χ2n) is 3.64. The Labute approximate surface area is 105 Å². The first kappa shape index (κ1) is 13.8. The topological polar surface area (TPSA) is 95.4 Å². The van der Waals surface area contributed by atoms with Crippen LogP contribution in [0.25, 0.3) is 6.08 Å². The Kier molecular flexibility index (Phi) is 4.92. The summed E-state index contributed by atoms with van der Waals surface area (Å²) < 4.78 is 4.89. The lowest BCUT2D eigenvalue weighted by Gasteiger charge is -2.06. The molecule has 4 N–H and O–H groups in total. The number of nitrogen functional groups attached to an aromatic ring is 1.